The highest BCUT2D eigenvalue weighted by Gasteiger charge is 2.08. The normalized spacial score (nSPS) is 18.6. The van der Waals surface area contributed by atoms with Crippen molar-refractivity contribution in [1.29, 1.82) is 0 Å². The molecule has 0 spiro atoms. The summed E-state index contributed by atoms with van der Waals surface area (Å²) in [7, 11) is 0. The summed E-state index contributed by atoms with van der Waals surface area (Å²) in [6, 6.07) is 0. The maximum Gasteiger partial charge on any atom is 0.0594 e. The van der Waals surface area contributed by atoms with Gasteiger partial charge < -0.3 is 10.1 Å². The van der Waals surface area contributed by atoms with Gasteiger partial charge in [0.25, 0.3) is 0 Å². The minimum atomic E-state index is 0.760. The number of morpholine rings is 1. The van der Waals surface area contributed by atoms with Gasteiger partial charge in [0.05, 0.1) is 13.2 Å². The molecule has 84 valence electrons. The second-order valence-corrected chi connectivity index (χ2v) is 3.98. The first-order valence-electron chi connectivity index (χ1n) is 5.50. The summed E-state index contributed by atoms with van der Waals surface area (Å²) in [6.07, 6.45) is 2.29. The topological polar surface area (TPSA) is 24.5 Å². The lowest BCUT2D eigenvalue weighted by molar-refractivity contribution is 0.0374. The maximum atomic E-state index is 5.57. The van der Waals surface area contributed by atoms with E-state index in [9.17, 15) is 0 Å². The van der Waals surface area contributed by atoms with Gasteiger partial charge in [0, 0.05) is 19.0 Å². The summed E-state index contributed by atoms with van der Waals surface area (Å²) < 4.78 is 5.29. The third-order valence-electron chi connectivity index (χ3n) is 2.42. The number of rotatable bonds is 7. The van der Waals surface area contributed by atoms with E-state index < -0.39 is 0 Å². The number of alkyl halides is 1. The molecule has 1 aliphatic rings. The molecular formula is C10H21ClN2O. The lowest BCUT2D eigenvalue weighted by atomic mass is 10.3. The fraction of sp³-hybridized carbons (Fsp3) is 1.00. The van der Waals surface area contributed by atoms with Gasteiger partial charge >= 0.3 is 0 Å². The Kier molecular flexibility index (Phi) is 7.41. The Morgan fingerprint density at radius 1 is 1.14 bits per heavy atom. The number of hydrogen-bond acceptors (Lipinski definition) is 3. The van der Waals surface area contributed by atoms with E-state index in [4.69, 9.17) is 16.3 Å². The van der Waals surface area contributed by atoms with Gasteiger partial charge in [0.1, 0.15) is 0 Å². The molecular weight excluding hydrogens is 200 g/mol. The van der Waals surface area contributed by atoms with Crippen LogP contribution < -0.4 is 5.32 Å². The van der Waals surface area contributed by atoms with E-state index in [1.165, 1.54) is 13.0 Å². The molecule has 1 saturated heterocycles. The first-order valence-corrected chi connectivity index (χ1v) is 6.03. The van der Waals surface area contributed by atoms with E-state index in [1.54, 1.807) is 0 Å². The zero-order valence-corrected chi connectivity index (χ0v) is 9.56. The van der Waals surface area contributed by atoms with Gasteiger partial charge in [-0.25, -0.2) is 0 Å². The van der Waals surface area contributed by atoms with Gasteiger partial charge in [-0.1, -0.05) is 0 Å². The third-order valence-corrected chi connectivity index (χ3v) is 2.69. The number of nitrogens with one attached hydrogen (secondary N) is 1. The van der Waals surface area contributed by atoms with Crippen LogP contribution in [0.4, 0.5) is 0 Å². The lowest BCUT2D eigenvalue weighted by Gasteiger charge is -2.26. The van der Waals surface area contributed by atoms with Crippen molar-refractivity contribution in [1.82, 2.24) is 10.2 Å². The van der Waals surface area contributed by atoms with Crippen LogP contribution >= 0.6 is 11.6 Å². The minimum Gasteiger partial charge on any atom is -0.379 e. The van der Waals surface area contributed by atoms with Crippen LogP contribution in [0.3, 0.4) is 0 Å². The molecule has 1 heterocycles. The molecule has 0 radical (unpaired) electrons. The quantitative estimate of drug-likeness (QED) is 0.510. The molecule has 1 aliphatic heterocycles. The van der Waals surface area contributed by atoms with Gasteiger partial charge in [-0.2, -0.15) is 0 Å². The van der Waals surface area contributed by atoms with Crippen LogP contribution in [0.15, 0.2) is 0 Å². The Balaban J connectivity index is 1.82. The molecule has 0 aromatic carbocycles. The van der Waals surface area contributed by atoms with Crippen molar-refractivity contribution in [3.63, 3.8) is 0 Å². The van der Waals surface area contributed by atoms with E-state index in [0.717, 1.165) is 51.7 Å². The molecule has 4 heteroatoms. The second kappa shape index (κ2) is 8.48. The number of nitrogens with zero attached hydrogens (tertiary/aromatic N) is 1. The average molecular weight is 221 g/mol. The molecule has 1 rings (SSSR count). The maximum absolute atomic E-state index is 5.57. The number of hydrogen-bond donors (Lipinski definition) is 1. The van der Waals surface area contributed by atoms with Crippen LogP contribution in [0.2, 0.25) is 0 Å². The van der Waals surface area contributed by atoms with Gasteiger partial charge in [-0.3, -0.25) is 4.90 Å². The fourth-order valence-electron chi connectivity index (χ4n) is 1.57. The van der Waals surface area contributed by atoms with Crippen molar-refractivity contribution in [2.24, 2.45) is 0 Å². The standard InChI is InChI=1S/C10H21ClN2O/c11-3-1-4-12-5-2-6-13-7-9-14-10-8-13/h12H,1-10H2. The zero-order chi connectivity index (χ0) is 10.1. The lowest BCUT2D eigenvalue weighted by Crippen LogP contribution is -2.37. The van der Waals surface area contributed by atoms with Crippen LogP contribution in [0.1, 0.15) is 12.8 Å². The molecule has 0 saturated carbocycles. The van der Waals surface area contributed by atoms with Crippen LogP contribution in [0.5, 0.6) is 0 Å². The zero-order valence-electron chi connectivity index (χ0n) is 8.80. The van der Waals surface area contributed by atoms with Crippen molar-refractivity contribution in [3.05, 3.63) is 0 Å². The van der Waals surface area contributed by atoms with Crippen molar-refractivity contribution < 1.29 is 4.74 Å². The van der Waals surface area contributed by atoms with Gasteiger partial charge in [-0.15, -0.1) is 11.6 Å². The summed E-state index contributed by atoms with van der Waals surface area (Å²) in [5.41, 5.74) is 0. The molecule has 1 N–H and O–H groups in total. The summed E-state index contributed by atoms with van der Waals surface area (Å²) in [4.78, 5) is 2.47. The Morgan fingerprint density at radius 3 is 2.57 bits per heavy atom. The number of ether oxygens (including phenoxy) is 1. The molecule has 0 aromatic rings. The van der Waals surface area contributed by atoms with E-state index in [0.29, 0.717) is 0 Å². The first kappa shape index (κ1) is 12.2. The van der Waals surface area contributed by atoms with E-state index in [-0.39, 0.29) is 0 Å². The molecule has 0 unspecified atom stereocenters. The van der Waals surface area contributed by atoms with Crippen LogP contribution in [0, 0.1) is 0 Å². The Morgan fingerprint density at radius 2 is 1.86 bits per heavy atom. The second-order valence-electron chi connectivity index (χ2n) is 3.60. The highest BCUT2D eigenvalue weighted by Crippen LogP contribution is 1.97. The highest BCUT2D eigenvalue weighted by molar-refractivity contribution is 6.17. The predicted molar refractivity (Wildman–Crippen MR) is 60.1 cm³/mol. The Hall–Kier alpha value is 0.170. The fourth-order valence-corrected chi connectivity index (χ4v) is 1.70. The molecule has 1 fully saturated rings. The Bertz CT molecular complexity index is 129. The number of halogens is 1. The van der Waals surface area contributed by atoms with Crippen molar-refractivity contribution >= 4 is 11.6 Å². The minimum absolute atomic E-state index is 0.760. The Labute approximate surface area is 91.7 Å². The summed E-state index contributed by atoms with van der Waals surface area (Å²) in [5, 5.41) is 3.38. The summed E-state index contributed by atoms with van der Waals surface area (Å²) in [5.74, 6) is 0.760. The smallest absolute Gasteiger partial charge is 0.0594 e. The van der Waals surface area contributed by atoms with Gasteiger partial charge in [-0.05, 0) is 32.5 Å². The summed E-state index contributed by atoms with van der Waals surface area (Å²) >= 11 is 5.57. The molecule has 0 amide bonds. The molecule has 3 nitrogen and oxygen atoms in total. The SMILES string of the molecule is ClCCCNCCCN1CCOCC1. The summed E-state index contributed by atoms with van der Waals surface area (Å²) in [6.45, 7) is 7.35. The van der Waals surface area contributed by atoms with Crippen molar-refractivity contribution in [2.75, 3.05) is 51.8 Å². The van der Waals surface area contributed by atoms with Crippen molar-refractivity contribution in [2.45, 2.75) is 12.8 Å². The molecule has 0 atom stereocenters. The van der Waals surface area contributed by atoms with E-state index >= 15 is 0 Å². The largest absolute Gasteiger partial charge is 0.379 e. The van der Waals surface area contributed by atoms with Crippen LogP contribution in [0.25, 0.3) is 0 Å². The third kappa shape index (κ3) is 5.81. The first-order chi connectivity index (χ1) is 6.93. The van der Waals surface area contributed by atoms with Crippen molar-refractivity contribution in [3.8, 4) is 0 Å². The van der Waals surface area contributed by atoms with Crippen LogP contribution in [-0.4, -0.2) is 56.7 Å². The predicted octanol–water partition coefficient (Wildman–Crippen LogP) is 0.927. The highest BCUT2D eigenvalue weighted by atomic mass is 35.5. The van der Waals surface area contributed by atoms with E-state index in [1.807, 2.05) is 0 Å². The average Bonchev–Trinajstić information content (AvgIpc) is 2.25. The molecule has 0 aliphatic carbocycles. The van der Waals surface area contributed by atoms with E-state index in [2.05, 4.69) is 10.2 Å². The van der Waals surface area contributed by atoms with Gasteiger partial charge in [0.2, 0.25) is 0 Å². The molecule has 0 bridgehead atoms. The van der Waals surface area contributed by atoms with Gasteiger partial charge in [0.15, 0.2) is 0 Å². The van der Waals surface area contributed by atoms with Crippen LogP contribution in [-0.2, 0) is 4.74 Å². The molecule has 14 heavy (non-hydrogen) atoms. The molecule has 0 aromatic heterocycles. The monoisotopic (exact) mass is 220 g/mol.